The number of thioether (sulfide) groups is 1. The summed E-state index contributed by atoms with van der Waals surface area (Å²) in [6, 6.07) is 21.7. The number of aromatic nitrogens is 1. The largest absolute Gasteiger partial charge is 0.462 e. The van der Waals surface area contributed by atoms with Crippen molar-refractivity contribution in [3.8, 4) is 6.07 Å². The van der Waals surface area contributed by atoms with Crippen molar-refractivity contribution < 1.29 is 23.9 Å². The molecule has 0 saturated carbocycles. The van der Waals surface area contributed by atoms with E-state index in [-0.39, 0.29) is 27.8 Å². The molecule has 4 aromatic rings. The van der Waals surface area contributed by atoms with Gasteiger partial charge in [0.15, 0.2) is 0 Å². The summed E-state index contributed by atoms with van der Waals surface area (Å²) < 4.78 is 7.21. The highest BCUT2D eigenvalue weighted by molar-refractivity contribution is 8.18. The molecular weight excluding hydrogens is 600 g/mol. The van der Waals surface area contributed by atoms with Crippen LogP contribution in [0, 0.1) is 18.3 Å². The topological polar surface area (TPSA) is 122 Å². The molecule has 1 N–H and O–H groups in total. The molecule has 1 aliphatic rings. The van der Waals surface area contributed by atoms with Gasteiger partial charge in [-0.15, -0.1) is 0 Å². The van der Waals surface area contributed by atoms with Gasteiger partial charge in [0.2, 0.25) is 5.91 Å². The molecule has 5 rings (SSSR count). The molecule has 222 valence electrons. The number of nitriles is 1. The van der Waals surface area contributed by atoms with Gasteiger partial charge in [0.25, 0.3) is 11.1 Å². The second kappa shape index (κ2) is 13.2. The number of anilines is 1. The number of imide groups is 1. The molecule has 44 heavy (non-hydrogen) atoms. The third kappa shape index (κ3) is 6.25. The second-order valence-electron chi connectivity index (χ2n) is 10.0. The normalized spacial score (nSPS) is 13.9. The van der Waals surface area contributed by atoms with E-state index in [2.05, 4.69) is 16.0 Å². The van der Waals surface area contributed by atoms with Gasteiger partial charge < -0.3 is 14.6 Å². The van der Waals surface area contributed by atoms with Crippen molar-refractivity contribution in [2.24, 2.45) is 0 Å². The Morgan fingerprint density at radius 1 is 1.09 bits per heavy atom. The lowest BCUT2D eigenvalue weighted by atomic mass is 10.1. The van der Waals surface area contributed by atoms with E-state index >= 15 is 0 Å². The number of rotatable bonds is 9. The Bertz CT molecular complexity index is 1890. The smallest absolute Gasteiger partial charge is 0.339 e. The summed E-state index contributed by atoms with van der Waals surface area (Å²) in [6.07, 6.45) is 2.32. The lowest BCUT2D eigenvalue weighted by molar-refractivity contribution is -0.127. The van der Waals surface area contributed by atoms with Crippen molar-refractivity contribution in [3.05, 3.63) is 105 Å². The summed E-state index contributed by atoms with van der Waals surface area (Å²) in [5, 5.41) is 12.7. The molecular formula is C33H27ClN4O5S. The van der Waals surface area contributed by atoms with Crippen LogP contribution in [0.1, 0.15) is 46.1 Å². The van der Waals surface area contributed by atoms with Crippen LogP contribution in [0.15, 0.2) is 71.6 Å². The van der Waals surface area contributed by atoms with Crippen molar-refractivity contribution in [3.63, 3.8) is 0 Å². The first-order chi connectivity index (χ1) is 21.2. The molecule has 0 unspecified atom stereocenters. The van der Waals surface area contributed by atoms with Crippen LogP contribution in [0.25, 0.3) is 17.0 Å². The SMILES string of the molecule is CCCOC(=O)c1cc(NC(=O)CN2C(=O)S/C(=C\c3c(C)n(Cc4ccccc4C#N)c4ccccc34)C2=O)ccc1Cl. The minimum Gasteiger partial charge on any atom is -0.462 e. The third-order valence-corrected chi connectivity index (χ3v) is 8.34. The average Bonchev–Trinajstić information content (AvgIpc) is 3.44. The number of esters is 1. The zero-order valence-corrected chi connectivity index (χ0v) is 25.5. The number of halogens is 1. The maximum atomic E-state index is 13.3. The second-order valence-corrected chi connectivity index (χ2v) is 11.4. The lowest BCUT2D eigenvalue weighted by Gasteiger charge is -2.13. The molecule has 9 nitrogen and oxygen atoms in total. The fourth-order valence-electron chi connectivity index (χ4n) is 4.92. The van der Waals surface area contributed by atoms with Crippen LogP contribution in [0.3, 0.4) is 0 Å². The van der Waals surface area contributed by atoms with E-state index in [9.17, 15) is 24.4 Å². The Morgan fingerprint density at radius 3 is 2.61 bits per heavy atom. The zero-order valence-electron chi connectivity index (χ0n) is 23.9. The van der Waals surface area contributed by atoms with E-state index in [0.717, 1.165) is 44.4 Å². The standard InChI is InChI=1S/C33H27ClN4O5S/c1-3-14-43-32(41)26-15-23(12-13-27(26)34)36-30(39)19-38-31(40)29(44-33(38)42)16-25-20(2)37(28-11-7-6-10-24(25)28)18-22-9-5-4-8-21(22)17-35/h4-13,15-16H,3,14,18-19H2,1-2H3,(H,36,39)/b29-16-. The van der Waals surface area contributed by atoms with Crippen molar-refractivity contribution in [2.45, 2.75) is 26.8 Å². The fraction of sp³-hybridized carbons (Fsp3) is 0.182. The fourth-order valence-corrected chi connectivity index (χ4v) is 5.94. The van der Waals surface area contributed by atoms with E-state index < -0.39 is 29.6 Å². The van der Waals surface area contributed by atoms with E-state index in [1.54, 1.807) is 12.1 Å². The lowest BCUT2D eigenvalue weighted by Crippen LogP contribution is -2.36. The minimum atomic E-state index is -0.618. The maximum Gasteiger partial charge on any atom is 0.339 e. The number of benzene rings is 3. The number of hydrogen-bond donors (Lipinski definition) is 1. The molecule has 3 amide bonds. The maximum absolute atomic E-state index is 13.3. The van der Waals surface area contributed by atoms with Crippen molar-refractivity contribution >= 4 is 69.1 Å². The van der Waals surface area contributed by atoms with Crippen LogP contribution in [-0.4, -0.2) is 45.6 Å². The molecule has 0 spiro atoms. The van der Waals surface area contributed by atoms with Gasteiger partial charge >= 0.3 is 5.97 Å². The average molecular weight is 627 g/mol. The van der Waals surface area contributed by atoms with Gasteiger partial charge in [-0.25, -0.2) is 4.79 Å². The summed E-state index contributed by atoms with van der Waals surface area (Å²) in [5.74, 6) is -1.82. The molecule has 0 bridgehead atoms. The predicted molar refractivity (Wildman–Crippen MR) is 170 cm³/mol. The number of nitrogens with one attached hydrogen (secondary N) is 1. The number of ether oxygens (including phenoxy) is 1. The molecule has 1 aromatic heterocycles. The first kappa shape index (κ1) is 30.6. The molecule has 1 fully saturated rings. The highest BCUT2D eigenvalue weighted by Crippen LogP contribution is 2.36. The molecule has 1 saturated heterocycles. The van der Waals surface area contributed by atoms with Crippen LogP contribution in [0.5, 0.6) is 0 Å². The molecule has 3 aromatic carbocycles. The number of amides is 3. The summed E-state index contributed by atoms with van der Waals surface area (Å²) in [7, 11) is 0. The molecule has 0 atom stereocenters. The van der Waals surface area contributed by atoms with Gasteiger partial charge in [0, 0.05) is 34.4 Å². The first-order valence-corrected chi connectivity index (χ1v) is 15.0. The third-order valence-electron chi connectivity index (χ3n) is 7.10. The van der Waals surface area contributed by atoms with Crippen molar-refractivity contribution in [1.29, 1.82) is 5.26 Å². The van der Waals surface area contributed by atoms with Gasteiger partial charge in [-0.3, -0.25) is 19.3 Å². The van der Waals surface area contributed by atoms with Crippen LogP contribution in [0.2, 0.25) is 5.02 Å². The van der Waals surface area contributed by atoms with Gasteiger partial charge in [0.05, 0.1) is 33.7 Å². The highest BCUT2D eigenvalue weighted by atomic mass is 35.5. The quantitative estimate of drug-likeness (QED) is 0.161. The summed E-state index contributed by atoms with van der Waals surface area (Å²) in [5.41, 5.74) is 4.36. The molecule has 1 aliphatic heterocycles. The number of hydrogen-bond acceptors (Lipinski definition) is 7. The minimum absolute atomic E-state index is 0.0951. The van der Waals surface area contributed by atoms with Crippen molar-refractivity contribution in [2.75, 3.05) is 18.5 Å². The van der Waals surface area contributed by atoms with Crippen LogP contribution in [-0.2, 0) is 20.9 Å². The Morgan fingerprint density at radius 2 is 1.84 bits per heavy atom. The Labute approximate surface area is 263 Å². The predicted octanol–water partition coefficient (Wildman–Crippen LogP) is 6.76. The summed E-state index contributed by atoms with van der Waals surface area (Å²) in [4.78, 5) is 52.4. The van der Waals surface area contributed by atoms with Crippen LogP contribution >= 0.6 is 23.4 Å². The van der Waals surface area contributed by atoms with Crippen LogP contribution < -0.4 is 5.32 Å². The summed E-state index contributed by atoms with van der Waals surface area (Å²) >= 11 is 6.90. The van der Waals surface area contributed by atoms with E-state index in [4.69, 9.17) is 16.3 Å². The number of nitrogens with zero attached hydrogens (tertiary/aromatic N) is 3. The number of carbonyl (C=O) groups excluding carboxylic acids is 4. The highest BCUT2D eigenvalue weighted by Gasteiger charge is 2.36. The molecule has 2 heterocycles. The first-order valence-electron chi connectivity index (χ1n) is 13.8. The van der Waals surface area contributed by atoms with E-state index in [1.807, 2.05) is 56.3 Å². The molecule has 0 aliphatic carbocycles. The molecule has 0 radical (unpaired) electrons. The number of fused-ring (bicyclic) bond motifs is 1. The Balaban J connectivity index is 1.36. The summed E-state index contributed by atoms with van der Waals surface area (Å²) in [6.45, 7) is 3.97. The Hall–Kier alpha value is -4.85. The number of carbonyl (C=O) groups is 4. The number of para-hydroxylation sites is 1. The van der Waals surface area contributed by atoms with Gasteiger partial charge in [-0.2, -0.15) is 5.26 Å². The Kier molecular flexibility index (Phi) is 9.18. The van der Waals surface area contributed by atoms with E-state index in [0.29, 0.717) is 18.5 Å². The van der Waals surface area contributed by atoms with Gasteiger partial charge in [-0.1, -0.05) is 54.9 Å². The van der Waals surface area contributed by atoms with Crippen molar-refractivity contribution in [1.82, 2.24) is 9.47 Å². The monoisotopic (exact) mass is 626 g/mol. The van der Waals surface area contributed by atoms with Gasteiger partial charge in [-0.05, 0) is 67.1 Å². The van der Waals surface area contributed by atoms with Gasteiger partial charge in [0.1, 0.15) is 6.54 Å². The molecule has 11 heteroatoms. The van der Waals surface area contributed by atoms with E-state index in [1.165, 1.54) is 18.2 Å². The van der Waals surface area contributed by atoms with Crippen LogP contribution in [0.4, 0.5) is 10.5 Å². The zero-order chi connectivity index (χ0) is 31.4.